The Morgan fingerprint density at radius 2 is 1.82 bits per heavy atom. The van der Waals surface area contributed by atoms with Crippen molar-refractivity contribution in [2.45, 2.75) is 69.9 Å². The lowest BCUT2D eigenvalue weighted by Crippen LogP contribution is -2.61. The van der Waals surface area contributed by atoms with Crippen LogP contribution < -0.4 is 10.6 Å². The summed E-state index contributed by atoms with van der Waals surface area (Å²) in [4.78, 5) is 28.2. The predicted molar refractivity (Wildman–Crippen MR) is 131 cm³/mol. The third-order valence-corrected chi connectivity index (χ3v) is 8.37. The predicted octanol–water partition coefficient (Wildman–Crippen LogP) is 5.30. The van der Waals surface area contributed by atoms with Crippen LogP contribution in [0.4, 0.5) is 10.5 Å². The van der Waals surface area contributed by atoms with Crippen molar-refractivity contribution in [1.82, 2.24) is 10.2 Å². The SMILES string of the molecule is Cc1ccccc1NC(=O)N[C@H]1CC[C@@]23CCCN2C(=O)CCC[C@H]3C1Cc1ccccc1. The molecule has 0 aromatic heterocycles. The van der Waals surface area contributed by atoms with Gasteiger partial charge in [-0.15, -0.1) is 0 Å². The quantitative estimate of drug-likeness (QED) is 0.671. The number of benzene rings is 2. The molecule has 0 bridgehead atoms. The second-order valence-electron chi connectivity index (χ2n) is 10.2. The highest BCUT2D eigenvalue weighted by Gasteiger charge is 2.56. The van der Waals surface area contributed by atoms with E-state index < -0.39 is 0 Å². The Kier molecular flexibility index (Phi) is 6.13. The third kappa shape index (κ3) is 4.25. The van der Waals surface area contributed by atoms with E-state index in [2.05, 4.69) is 45.9 Å². The van der Waals surface area contributed by atoms with Gasteiger partial charge in [-0.2, -0.15) is 0 Å². The van der Waals surface area contributed by atoms with Crippen LogP contribution in [0.25, 0.3) is 0 Å². The van der Waals surface area contributed by atoms with Crippen LogP contribution in [-0.2, 0) is 11.2 Å². The Hall–Kier alpha value is -2.82. The lowest BCUT2D eigenvalue weighted by molar-refractivity contribution is -0.138. The molecule has 1 spiro atoms. The van der Waals surface area contributed by atoms with Crippen LogP contribution in [0.15, 0.2) is 54.6 Å². The zero-order valence-corrected chi connectivity index (χ0v) is 19.6. The average Bonchev–Trinajstić information content (AvgIpc) is 3.18. The fourth-order valence-electron chi connectivity index (χ4n) is 6.88. The van der Waals surface area contributed by atoms with Crippen molar-refractivity contribution in [3.8, 4) is 0 Å². The molecule has 3 fully saturated rings. The number of amides is 3. The summed E-state index contributed by atoms with van der Waals surface area (Å²) < 4.78 is 0. The number of anilines is 1. The van der Waals surface area contributed by atoms with Gasteiger partial charge >= 0.3 is 6.03 Å². The number of urea groups is 1. The smallest absolute Gasteiger partial charge is 0.319 e. The Labute approximate surface area is 196 Å². The van der Waals surface area contributed by atoms with Gasteiger partial charge in [0.15, 0.2) is 0 Å². The van der Waals surface area contributed by atoms with Crippen LogP contribution in [0.2, 0.25) is 0 Å². The van der Waals surface area contributed by atoms with Gasteiger partial charge in [0.1, 0.15) is 0 Å². The van der Waals surface area contributed by atoms with Gasteiger partial charge in [-0.3, -0.25) is 4.79 Å². The summed E-state index contributed by atoms with van der Waals surface area (Å²) in [6, 6.07) is 18.5. The molecule has 2 heterocycles. The molecule has 5 nitrogen and oxygen atoms in total. The molecule has 33 heavy (non-hydrogen) atoms. The first kappa shape index (κ1) is 22.0. The summed E-state index contributed by atoms with van der Waals surface area (Å²) in [5.41, 5.74) is 3.20. The van der Waals surface area contributed by atoms with Gasteiger partial charge in [-0.05, 0) is 80.9 Å². The van der Waals surface area contributed by atoms with Gasteiger partial charge in [0.2, 0.25) is 5.91 Å². The Morgan fingerprint density at radius 1 is 1.03 bits per heavy atom. The molecule has 1 aliphatic carbocycles. The summed E-state index contributed by atoms with van der Waals surface area (Å²) in [5.74, 6) is 1.08. The molecule has 4 atom stereocenters. The normalized spacial score (nSPS) is 29.1. The first-order valence-corrected chi connectivity index (χ1v) is 12.5. The van der Waals surface area contributed by atoms with E-state index in [0.29, 0.717) is 24.2 Å². The van der Waals surface area contributed by atoms with Gasteiger partial charge in [-0.25, -0.2) is 4.79 Å². The average molecular weight is 446 g/mol. The van der Waals surface area contributed by atoms with Crippen molar-refractivity contribution in [2.75, 3.05) is 11.9 Å². The number of hydrogen-bond donors (Lipinski definition) is 2. The molecule has 0 radical (unpaired) electrons. The Bertz CT molecular complexity index is 1010. The van der Waals surface area contributed by atoms with E-state index in [1.54, 1.807) is 0 Å². The number of hydrogen-bond acceptors (Lipinski definition) is 2. The minimum atomic E-state index is -0.128. The topological polar surface area (TPSA) is 61.4 Å². The van der Waals surface area contributed by atoms with Crippen LogP contribution in [0.5, 0.6) is 0 Å². The highest BCUT2D eigenvalue weighted by molar-refractivity contribution is 5.90. The number of para-hydroxylation sites is 1. The van der Waals surface area contributed by atoms with Crippen molar-refractivity contribution in [3.05, 3.63) is 65.7 Å². The van der Waals surface area contributed by atoms with Gasteiger partial charge in [0.05, 0.1) is 0 Å². The Balaban J connectivity index is 1.41. The van der Waals surface area contributed by atoms with Crippen molar-refractivity contribution in [3.63, 3.8) is 0 Å². The lowest BCUT2D eigenvalue weighted by atomic mass is 9.61. The molecule has 174 valence electrons. The van der Waals surface area contributed by atoms with Crippen LogP contribution in [0.3, 0.4) is 0 Å². The maximum atomic E-state index is 13.1. The summed E-state index contributed by atoms with van der Waals surface area (Å²) in [7, 11) is 0. The van der Waals surface area contributed by atoms with Crippen molar-refractivity contribution < 1.29 is 9.59 Å². The largest absolute Gasteiger partial charge is 0.337 e. The van der Waals surface area contributed by atoms with E-state index in [1.807, 2.05) is 31.2 Å². The number of nitrogens with one attached hydrogen (secondary N) is 2. The van der Waals surface area contributed by atoms with Gasteiger partial charge < -0.3 is 15.5 Å². The second kappa shape index (κ2) is 9.20. The van der Waals surface area contributed by atoms with Crippen molar-refractivity contribution in [2.24, 2.45) is 11.8 Å². The highest BCUT2D eigenvalue weighted by atomic mass is 16.2. The molecule has 2 aromatic carbocycles. The summed E-state index contributed by atoms with van der Waals surface area (Å²) in [6.07, 6.45) is 7.74. The van der Waals surface area contributed by atoms with E-state index in [-0.39, 0.29) is 17.6 Å². The number of nitrogens with zero attached hydrogens (tertiary/aromatic N) is 1. The fourth-order valence-corrected chi connectivity index (χ4v) is 6.88. The van der Waals surface area contributed by atoms with E-state index in [9.17, 15) is 9.59 Å². The maximum absolute atomic E-state index is 13.1. The van der Waals surface area contributed by atoms with E-state index in [4.69, 9.17) is 0 Å². The molecule has 2 aromatic rings. The molecule has 2 N–H and O–H groups in total. The number of aryl methyl sites for hydroxylation is 1. The van der Waals surface area contributed by atoms with Gasteiger partial charge in [0.25, 0.3) is 0 Å². The maximum Gasteiger partial charge on any atom is 0.319 e. The standard InChI is InChI=1S/C28H35N3O2/c1-20-9-5-6-13-24(20)29-27(33)30-25-15-17-28-16-8-18-31(28)26(32)14-7-12-23(28)22(25)19-21-10-3-2-4-11-21/h2-6,9-11,13,22-23,25H,7-8,12,14-19H2,1H3,(H2,29,30,33)/t22?,23-,25-,28+/m0/s1. The summed E-state index contributed by atoms with van der Waals surface area (Å²) in [5, 5.41) is 6.42. The minimum Gasteiger partial charge on any atom is -0.337 e. The monoisotopic (exact) mass is 445 g/mol. The van der Waals surface area contributed by atoms with Crippen LogP contribution >= 0.6 is 0 Å². The molecule has 5 rings (SSSR count). The van der Waals surface area contributed by atoms with Gasteiger partial charge in [0, 0.05) is 30.2 Å². The number of rotatable bonds is 4. The van der Waals surface area contributed by atoms with E-state index >= 15 is 0 Å². The molecule has 1 saturated carbocycles. The van der Waals surface area contributed by atoms with E-state index in [1.165, 1.54) is 5.56 Å². The molecule has 1 unspecified atom stereocenters. The number of carbonyl (C=O) groups excluding carboxylic acids is 2. The van der Waals surface area contributed by atoms with Crippen molar-refractivity contribution >= 4 is 17.6 Å². The summed E-state index contributed by atoms with van der Waals surface area (Å²) in [6.45, 7) is 2.91. The second-order valence-corrected chi connectivity index (χ2v) is 10.2. The van der Waals surface area contributed by atoms with Crippen molar-refractivity contribution in [1.29, 1.82) is 0 Å². The molecule has 2 saturated heterocycles. The Morgan fingerprint density at radius 3 is 2.64 bits per heavy atom. The molecular weight excluding hydrogens is 410 g/mol. The minimum absolute atomic E-state index is 0.0162. The van der Waals surface area contributed by atoms with Crippen LogP contribution in [0, 0.1) is 18.8 Å². The molecular formula is C28H35N3O2. The van der Waals surface area contributed by atoms with Gasteiger partial charge in [-0.1, -0.05) is 48.5 Å². The zero-order valence-electron chi connectivity index (χ0n) is 19.6. The third-order valence-electron chi connectivity index (χ3n) is 8.37. The lowest BCUT2D eigenvalue weighted by Gasteiger charge is -2.53. The van der Waals surface area contributed by atoms with Crippen LogP contribution in [0.1, 0.15) is 56.1 Å². The van der Waals surface area contributed by atoms with E-state index in [0.717, 1.165) is 62.7 Å². The molecule has 3 amide bonds. The highest BCUT2D eigenvalue weighted by Crippen LogP contribution is 2.52. The zero-order chi connectivity index (χ0) is 22.8. The molecule has 2 aliphatic heterocycles. The first-order chi connectivity index (χ1) is 16.1. The first-order valence-electron chi connectivity index (χ1n) is 12.5. The fraction of sp³-hybridized carbons (Fsp3) is 0.500. The van der Waals surface area contributed by atoms with Crippen LogP contribution in [-0.4, -0.2) is 35.0 Å². The molecule has 3 aliphatic rings. The summed E-state index contributed by atoms with van der Waals surface area (Å²) >= 11 is 0. The number of carbonyl (C=O) groups is 2. The molecule has 5 heteroatoms.